The molecule has 0 aromatic heterocycles. The van der Waals surface area contributed by atoms with Gasteiger partial charge in [0.1, 0.15) is 0 Å². The van der Waals surface area contributed by atoms with Crippen LogP contribution in [0, 0.1) is 5.92 Å². The lowest BCUT2D eigenvalue weighted by Gasteiger charge is -2.24. The van der Waals surface area contributed by atoms with Gasteiger partial charge in [0, 0.05) is 5.92 Å². The molecule has 0 saturated heterocycles. The summed E-state index contributed by atoms with van der Waals surface area (Å²) in [6, 6.07) is 0. The first-order valence-electron chi connectivity index (χ1n) is 3.35. The maximum Gasteiger partial charge on any atom is 0.0946 e. The molecule has 0 heterocycles. The summed E-state index contributed by atoms with van der Waals surface area (Å²) in [4.78, 5) is 0. The topological polar surface area (TPSA) is 40.5 Å². The molecule has 1 unspecified atom stereocenters. The van der Waals surface area contributed by atoms with Crippen molar-refractivity contribution in [2.75, 3.05) is 6.61 Å². The Kier molecular flexibility index (Phi) is 1.92. The first-order chi connectivity index (χ1) is 4.67. The maximum atomic E-state index is 9.47. The number of aliphatic hydroxyl groups excluding tert-OH is 1. The Labute approximate surface area is 60.5 Å². The molecule has 1 aliphatic rings. The van der Waals surface area contributed by atoms with Crippen LogP contribution in [0.3, 0.4) is 0 Å². The summed E-state index contributed by atoms with van der Waals surface area (Å²) in [7, 11) is 0. The molecule has 0 aromatic rings. The summed E-state index contributed by atoms with van der Waals surface area (Å²) in [5.41, 5.74) is -0.997. The average Bonchev–Trinajstić information content (AvgIpc) is 2.38. The molecule has 0 fully saturated rings. The summed E-state index contributed by atoms with van der Waals surface area (Å²) in [6.07, 6.45) is 7.48. The Morgan fingerprint density at radius 1 is 1.40 bits per heavy atom. The van der Waals surface area contributed by atoms with Crippen molar-refractivity contribution in [2.45, 2.75) is 12.5 Å². The number of allylic oxidation sites excluding steroid dienone is 2. The van der Waals surface area contributed by atoms with E-state index < -0.39 is 5.60 Å². The van der Waals surface area contributed by atoms with Crippen molar-refractivity contribution in [1.29, 1.82) is 0 Å². The van der Waals surface area contributed by atoms with Crippen molar-refractivity contribution in [1.82, 2.24) is 0 Å². The van der Waals surface area contributed by atoms with E-state index >= 15 is 0 Å². The molecule has 1 rings (SSSR count). The van der Waals surface area contributed by atoms with Gasteiger partial charge >= 0.3 is 0 Å². The Hall–Kier alpha value is -0.600. The Bertz CT molecular complexity index is 156. The number of rotatable bonds is 2. The molecule has 56 valence electrons. The average molecular weight is 140 g/mol. The second-order valence-corrected chi connectivity index (χ2v) is 2.81. The predicted molar refractivity (Wildman–Crippen MR) is 39.5 cm³/mol. The molecule has 0 aromatic carbocycles. The van der Waals surface area contributed by atoms with Gasteiger partial charge in [-0.2, -0.15) is 0 Å². The third kappa shape index (κ3) is 1.28. The minimum Gasteiger partial charge on any atom is -0.393 e. The van der Waals surface area contributed by atoms with Gasteiger partial charge in [0.25, 0.3) is 0 Å². The SMILES string of the molecule is CC(O)(CO)C1C=CC=C1. The van der Waals surface area contributed by atoms with E-state index in [0.717, 1.165) is 0 Å². The molecule has 2 heteroatoms. The zero-order valence-electron chi connectivity index (χ0n) is 5.99. The van der Waals surface area contributed by atoms with E-state index in [2.05, 4.69) is 0 Å². The lowest BCUT2D eigenvalue weighted by molar-refractivity contribution is -0.0179. The van der Waals surface area contributed by atoms with Crippen molar-refractivity contribution >= 4 is 0 Å². The van der Waals surface area contributed by atoms with Crippen LogP contribution >= 0.6 is 0 Å². The summed E-state index contributed by atoms with van der Waals surface area (Å²) in [5.74, 6) is -0.0301. The van der Waals surface area contributed by atoms with Gasteiger partial charge in [-0.25, -0.2) is 0 Å². The third-order valence-corrected chi connectivity index (χ3v) is 1.79. The minimum absolute atomic E-state index is 0.0301. The van der Waals surface area contributed by atoms with Crippen LogP contribution in [-0.2, 0) is 0 Å². The second kappa shape index (κ2) is 2.56. The molecule has 0 spiro atoms. The van der Waals surface area contributed by atoms with Crippen molar-refractivity contribution in [3.05, 3.63) is 24.3 Å². The van der Waals surface area contributed by atoms with Crippen LogP contribution in [0.2, 0.25) is 0 Å². The first kappa shape index (κ1) is 7.51. The van der Waals surface area contributed by atoms with Gasteiger partial charge in [-0.05, 0) is 6.92 Å². The smallest absolute Gasteiger partial charge is 0.0946 e. The molecular formula is C8H12O2. The van der Waals surface area contributed by atoms with Crippen LogP contribution < -0.4 is 0 Å². The minimum atomic E-state index is -0.997. The van der Waals surface area contributed by atoms with E-state index in [1.165, 1.54) is 0 Å². The Morgan fingerprint density at radius 2 is 1.90 bits per heavy atom. The van der Waals surface area contributed by atoms with Gasteiger partial charge in [-0.15, -0.1) is 0 Å². The Morgan fingerprint density at radius 3 is 2.30 bits per heavy atom. The number of hydrogen-bond donors (Lipinski definition) is 2. The van der Waals surface area contributed by atoms with Crippen LogP contribution in [0.1, 0.15) is 6.92 Å². The number of aliphatic hydroxyl groups is 2. The highest BCUT2D eigenvalue weighted by molar-refractivity contribution is 5.21. The van der Waals surface area contributed by atoms with E-state index in [4.69, 9.17) is 5.11 Å². The molecule has 0 bridgehead atoms. The van der Waals surface area contributed by atoms with Crippen molar-refractivity contribution in [2.24, 2.45) is 5.92 Å². The predicted octanol–water partition coefficient (Wildman–Crippen LogP) is 0.472. The van der Waals surface area contributed by atoms with E-state index in [1.807, 2.05) is 24.3 Å². The van der Waals surface area contributed by atoms with Gasteiger partial charge in [0.2, 0.25) is 0 Å². The molecule has 0 saturated carbocycles. The fourth-order valence-corrected chi connectivity index (χ4v) is 0.952. The molecule has 2 N–H and O–H groups in total. The van der Waals surface area contributed by atoms with Crippen LogP contribution in [0.15, 0.2) is 24.3 Å². The molecule has 1 atom stereocenters. The fourth-order valence-electron chi connectivity index (χ4n) is 0.952. The van der Waals surface area contributed by atoms with E-state index in [0.29, 0.717) is 0 Å². The lowest BCUT2D eigenvalue weighted by Crippen LogP contribution is -2.35. The maximum absolute atomic E-state index is 9.47. The zero-order chi connectivity index (χ0) is 7.61. The summed E-state index contributed by atoms with van der Waals surface area (Å²) >= 11 is 0. The van der Waals surface area contributed by atoms with Gasteiger partial charge in [0.05, 0.1) is 12.2 Å². The molecular weight excluding hydrogens is 128 g/mol. The molecule has 0 amide bonds. The highest BCUT2D eigenvalue weighted by atomic mass is 16.3. The summed E-state index contributed by atoms with van der Waals surface area (Å²) < 4.78 is 0. The van der Waals surface area contributed by atoms with E-state index in [1.54, 1.807) is 6.92 Å². The zero-order valence-corrected chi connectivity index (χ0v) is 5.99. The van der Waals surface area contributed by atoms with Gasteiger partial charge in [-0.3, -0.25) is 0 Å². The molecule has 0 radical (unpaired) electrons. The molecule has 1 aliphatic carbocycles. The van der Waals surface area contributed by atoms with E-state index in [-0.39, 0.29) is 12.5 Å². The molecule has 0 aliphatic heterocycles. The summed E-state index contributed by atoms with van der Waals surface area (Å²) in [5, 5.41) is 18.2. The van der Waals surface area contributed by atoms with Crippen LogP contribution in [0.5, 0.6) is 0 Å². The van der Waals surface area contributed by atoms with Crippen molar-refractivity contribution in [3.63, 3.8) is 0 Å². The highest BCUT2D eigenvalue weighted by Gasteiger charge is 2.27. The van der Waals surface area contributed by atoms with Crippen LogP contribution in [0.25, 0.3) is 0 Å². The standard InChI is InChI=1S/C8H12O2/c1-8(10,6-9)7-4-2-3-5-7/h2-5,7,9-10H,6H2,1H3. The van der Waals surface area contributed by atoms with Crippen LogP contribution in [0.4, 0.5) is 0 Å². The van der Waals surface area contributed by atoms with E-state index in [9.17, 15) is 5.11 Å². The normalized spacial score (nSPS) is 23.5. The molecule has 2 nitrogen and oxygen atoms in total. The first-order valence-corrected chi connectivity index (χ1v) is 3.35. The Balaban J connectivity index is 2.64. The monoisotopic (exact) mass is 140 g/mol. The van der Waals surface area contributed by atoms with Crippen molar-refractivity contribution in [3.8, 4) is 0 Å². The number of hydrogen-bond acceptors (Lipinski definition) is 2. The van der Waals surface area contributed by atoms with Gasteiger partial charge in [-0.1, -0.05) is 24.3 Å². The largest absolute Gasteiger partial charge is 0.393 e. The highest BCUT2D eigenvalue weighted by Crippen LogP contribution is 2.22. The lowest BCUT2D eigenvalue weighted by atomic mass is 9.91. The van der Waals surface area contributed by atoms with Crippen molar-refractivity contribution < 1.29 is 10.2 Å². The van der Waals surface area contributed by atoms with Gasteiger partial charge < -0.3 is 10.2 Å². The van der Waals surface area contributed by atoms with Crippen LogP contribution in [-0.4, -0.2) is 22.4 Å². The fraction of sp³-hybridized carbons (Fsp3) is 0.500. The second-order valence-electron chi connectivity index (χ2n) is 2.81. The summed E-state index contributed by atoms with van der Waals surface area (Å²) in [6.45, 7) is 1.42. The van der Waals surface area contributed by atoms with Gasteiger partial charge in [0.15, 0.2) is 0 Å². The quantitative estimate of drug-likeness (QED) is 0.585. The molecule has 10 heavy (non-hydrogen) atoms. The third-order valence-electron chi connectivity index (χ3n) is 1.79.